The Hall–Kier alpha value is -2.37. The summed E-state index contributed by atoms with van der Waals surface area (Å²) < 4.78 is 5.04. The topological polar surface area (TPSA) is 79.8 Å². The van der Waals surface area contributed by atoms with Crippen molar-refractivity contribution in [3.8, 4) is 5.75 Å². The molecular weight excluding hydrogens is 270 g/mol. The zero-order valence-electron chi connectivity index (χ0n) is 12.8. The van der Waals surface area contributed by atoms with Gasteiger partial charge >= 0.3 is 0 Å². The number of carbonyl (C=O) groups is 2. The summed E-state index contributed by atoms with van der Waals surface area (Å²) in [6.45, 7) is 5.24. The molecular formula is C15H21N3O3. The predicted octanol–water partition coefficient (Wildman–Crippen LogP) is 2.17. The van der Waals surface area contributed by atoms with Gasteiger partial charge in [0.15, 0.2) is 0 Å². The summed E-state index contributed by atoms with van der Waals surface area (Å²) >= 11 is 0. The van der Waals surface area contributed by atoms with Crippen LogP contribution in [0, 0.1) is 5.92 Å². The zero-order valence-corrected chi connectivity index (χ0v) is 12.8. The molecule has 2 N–H and O–H groups in total. The number of hydrogen-bond donors (Lipinski definition) is 2. The molecule has 6 nitrogen and oxygen atoms in total. The normalized spacial score (nSPS) is 11.2. The van der Waals surface area contributed by atoms with Crippen LogP contribution in [-0.2, 0) is 9.59 Å². The van der Waals surface area contributed by atoms with Crippen LogP contribution in [0.2, 0.25) is 0 Å². The van der Waals surface area contributed by atoms with E-state index in [0.717, 1.165) is 5.75 Å². The predicted molar refractivity (Wildman–Crippen MR) is 82.3 cm³/mol. The minimum absolute atomic E-state index is 0.115. The summed E-state index contributed by atoms with van der Waals surface area (Å²) in [5, 5.41) is 6.64. The lowest BCUT2D eigenvalue weighted by atomic mass is 10.2. The molecule has 114 valence electrons. The van der Waals surface area contributed by atoms with Gasteiger partial charge in [-0.25, -0.2) is 5.43 Å². The second-order valence-electron chi connectivity index (χ2n) is 4.93. The molecule has 0 bridgehead atoms. The van der Waals surface area contributed by atoms with Crippen molar-refractivity contribution in [2.45, 2.75) is 27.2 Å². The second kappa shape index (κ2) is 8.04. The van der Waals surface area contributed by atoms with Gasteiger partial charge in [-0.15, -0.1) is 0 Å². The van der Waals surface area contributed by atoms with E-state index in [4.69, 9.17) is 4.74 Å². The number of carbonyl (C=O) groups excluding carboxylic acids is 2. The first kappa shape index (κ1) is 16.7. The van der Waals surface area contributed by atoms with E-state index in [2.05, 4.69) is 15.8 Å². The SMILES string of the molecule is COc1ccc(NC(=O)C/C(C)=N\NC(=O)C(C)C)cc1. The van der Waals surface area contributed by atoms with E-state index in [1.54, 1.807) is 52.1 Å². The Labute approximate surface area is 124 Å². The van der Waals surface area contributed by atoms with Gasteiger partial charge in [-0.2, -0.15) is 5.10 Å². The molecule has 6 heteroatoms. The highest BCUT2D eigenvalue weighted by Gasteiger charge is 2.07. The minimum Gasteiger partial charge on any atom is -0.497 e. The number of ether oxygens (including phenoxy) is 1. The fourth-order valence-electron chi connectivity index (χ4n) is 1.43. The highest BCUT2D eigenvalue weighted by Crippen LogP contribution is 2.15. The molecule has 0 spiro atoms. The quantitative estimate of drug-likeness (QED) is 0.622. The van der Waals surface area contributed by atoms with Crippen LogP contribution in [0.15, 0.2) is 29.4 Å². The van der Waals surface area contributed by atoms with Crippen molar-refractivity contribution in [2.75, 3.05) is 12.4 Å². The van der Waals surface area contributed by atoms with Crippen LogP contribution in [0.3, 0.4) is 0 Å². The van der Waals surface area contributed by atoms with Gasteiger partial charge in [-0.05, 0) is 31.2 Å². The zero-order chi connectivity index (χ0) is 15.8. The lowest BCUT2D eigenvalue weighted by molar-refractivity contribution is -0.124. The van der Waals surface area contributed by atoms with Crippen LogP contribution >= 0.6 is 0 Å². The van der Waals surface area contributed by atoms with E-state index in [0.29, 0.717) is 11.4 Å². The van der Waals surface area contributed by atoms with Gasteiger partial charge in [-0.3, -0.25) is 9.59 Å². The summed E-state index contributed by atoms with van der Waals surface area (Å²) in [5.41, 5.74) is 3.64. The van der Waals surface area contributed by atoms with Crippen LogP contribution in [0.5, 0.6) is 5.75 Å². The maximum absolute atomic E-state index is 11.8. The maximum atomic E-state index is 11.8. The van der Waals surface area contributed by atoms with E-state index >= 15 is 0 Å². The first-order valence-corrected chi connectivity index (χ1v) is 6.69. The van der Waals surface area contributed by atoms with E-state index in [9.17, 15) is 9.59 Å². The Morgan fingerprint density at radius 3 is 2.38 bits per heavy atom. The monoisotopic (exact) mass is 291 g/mol. The summed E-state index contributed by atoms with van der Waals surface area (Å²) in [6.07, 6.45) is 0.115. The lowest BCUT2D eigenvalue weighted by Gasteiger charge is -2.07. The summed E-state index contributed by atoms with van der Waals surface area (Å²) in [4.78, 5) is 23.2. The molecule has 0 heterocycles. The summed E-state index contributed by atoms with van der Waals surface area (Å²) in [7, 11) is 1.58. The molecule has 1 rings (SSSR count). The molecule has 0 saturated heterocycles. The Morgan fingerprint density at radius 2 is 1.86 bits per heavy atom. The average molecular weight is 291 g/mol. The molecule has 2 amide bonds. The Balaban J connectivity index is 2.48. The van der Waals surface area contributed by atoms with Crippen LogP contribution < -0.4 is 15.5 Å². The summed E-state index contributed by atoms with van der Waals surface area (Å²) in [5.74, 6) is 0.210. The third-order valence-corrected chi connectivity index (χ3v) is 2.67. The van der Waals surface area contributed by atoms with E-state index in [1.165, 1.54) is 0 Å². The van der Waals surface area contributed by atoms with E-state index in [1.807, 2.05) is 0 Å². The van der Waals surface area contributed by atoms with Gasteiger partial charge in [0.1, 0.15) is 5.75 Å². The fraction of sp³-hybridized carbons (Fsp3) is 0.400. The molecule has 0 saturated carbocycles. The number of hydrogen-bond acceptors (Lipinski definition) is 4. The van der Waals surface area contributed by atoms with Gasteiger partial charge in [0.2, 0.25) is 11.8 Å². The number of rotatable bonds is 6. The van der Waals surface area contributed by atoms with Crippen LogP contribution in [0.1, 0.15) is 27.2 Å². The van der Waals surface area contributed by atoms with Gasteiger partial charge in [0, 0.05) is 17.3 Å². The molecule has 0 unspecified atom stereocenters. The van der Waals surface area contributed by atoms with Crippen molar-refractivity contribution in [2.24, 2.45) is 11.0 Å². The largest absolute Gasteiger partial charge is 0.497 e. The molecule has 0 fully saturated rings. The Kier molecular flexibility index (Phi) is 6.39. The van der Waals surface area contributed by atoms with Crippen molar-refractivity contribution >= 4 is 23.2 Å². The van der Waals surface area contributed by atoms with Gasteiger partial charge in [-0.1, -0.05) is 13.8 Å². The smallest absolute Gasteiger partial charge is 0.242 e. The molecule has 0 aromatic heterocycles. The molecule has 0 radical (unpaired) electrons. The molecule has 0 aliphatic carbocycles. The first-order chi connectivity index (χ1) is 9.92. The summed E-state index contributed by atoms with van der Waals surface area (Å²) in [6, 6.07) is 7.03. The number of methoxy groups -OCH3 is 1. The van der Waals surface area contributed by atoms with E-state index in [-0.39, 0.29) is 24.2 Å². The van der Waals surface area contributed by atoms with E-state index < -0.39 is 0 Å². The number of nitrogens with zero attached hydrogens (tertiary/aromatic N) is 1. The van der Waals surface area contributed by atoms with Crippen molar-refractivity contribution in [3.63, 3.8) is 0 Å². The lowest BCUT2D eigenvalue weighted by Crippen LogP contribution is -2.25. The standard InChI is InChI=1S/C15H21N3O3/c1-10(2)15(20)18-17-11(3)9-14(19)16-12-5-7-13(21-4)8-6-12/h5-8,10H,9H2,1-4H3,(H,16,19)(H,18,20)/b17-11-. The highest BCUT2D eigenvalue weighted by atomic mass is 16.5. The maximum Gasteiger partial charge on any atom is 0.242 e. The number of anilines is 1. The molecule has 1 aromatic carbocycles. The van der Waals surface area contributed by atoms with Crippen LogP contribution in [0.4, 0.5) is 5.69 Å². The molecule has 1 aromatic rings. The fourth-order valence-corrected chi connectivity index (χ4v) is 1.43. The van der Waals surface area contributed by atoms with Gasteiger partial charge < -0.3 is 10.1 Å². The molecule has 0 aliphatic rings. The van der Waals surface area contributed by atoms with Gasteiger partial charge in [0.25, 0.3) is 0 Å². The van der Waals surface area contributed by atoms with Crippen molar-refractivity contribution in [1.29, 1.82) is 0 Å². The average Bonchev–Trinajstić information content (AvgIpc) is 2.45. The third-order valence-electron chi connectivity index (χ3n) is 2.67. The third kappa shape index (κ3) is 6.07. The van der Waals surface area contributed by atoms with Crippen molar-refractivity contribution in [1.82, 2.24) is 5.43 Å². The first-order valence-electron chi connectivity index (χ1n) is 6.69. The van der Waals surface area contributed by atoms with Crippen LogP contribution in [-0.4, -0.2) is 24.6 Å². The molecule has 0 atom stereocenters. The molecule has 0 aliphatic heterocycles. The highest BCUT2D eigenvalue weighted by molar-refractivity contribution is 6.05. The number of nitrogens with one attached hydrogen (secondary N) is 2. The molecule has 21 heavy (non-hydrogen) atoms. The minimum atomic E-state index is -0.194. The second-order valence-corrected chi connectivity index (χ2v) is 4.93. The Bertz CT molecular complexity index is 521. The van der Waals surface area contributed by atoms with Crippen molar-refractivity contribution in [3.05, 3.63) is 24.3 Å². The van der Waals surface area contributed by atoms with Crippen LogP contribution in [0.25, 0.3) is 0 Å². The van der Waals surface area contributed by atoms with Crippen molar-refractivity contribution < 1.29 is 14.3 Å². The Morgan fingerprint density at radius 1 is 1.24 bits per heavy atom. The number of amides is 2. The van der Waals surface area contributed by atoms with Gasteiger partial charge in [0.05, 0.1) is 13.5 Å². The number of benzene rings is 1. The number of hydrazone groups is 1.